The van der Waals surface area contributed by atoms with E-state index in [4.69, 9.17) is 0 Å². The van der Waals surface area contributed by atoms with E-state index in [1.807, 2.05) is 0 Å². The molecule has 10 unspecified atom stereocenters. The minimum Gasteiger partial charge on any atom is -0.393 e. The summed E-state index contributed by atoms with van der Waals surface area (Å²) in [5, 5.41) is 11.7. The van der Waals surface area contributed by atoms with Crippen molar-refractivity contribution in [3.05, 3.63) is 12.2 Å². The Balaban J connectivity index is 1.58. The van der Waals surface area contributed by atoms with Gasteiger partial charge in [-0.15, -0.1) is 0 Å². The van der Waals surface area contributed by atoms with Gasteiger partial charge in [0, 0.05) is 17.8 Å². The van der Waals surface area contributed by atoms with Gasteiger partial charge in [-0.05, 0) is 104 Å². The summed E-state index contributed by atoms with van der Waals surface area (Å²) in [6, 6.07) is 0. The minimum atomic E-state index is -0.410. The average Bonchev–Trinajstić information content (AvgIpc) is 3.03. The van der Waals surface area contributed by atoms with E-state index in [1.165, 1.54) is 44.1 Å². The molecule has 5 aliphatic rings. The van der Waals surface area contributed by atoms with Crippen LogP contribution in [-0.4, -0.2) is 17.0 Å². The fourth-order valence-corrected chi connectivity index (χ4v) is 11.5. The Bertz CT molecular complexity index is 842. The van der Waals surface area contributed by atoms with Gasteiger partial charge in [-0.3, -0.25) is 4.79 Å². The number of allylic oxidation sites excluding steroid dienone is 1. The monoisotopic (exact) mass is 440 g/mol. The Hall–Kier alpha value is -0.630. The van der Waals surface area contributed by atoms with Gasteiger partial charge in [0.15, 0.2) is 0 Å². The maximum absolute atomic E-state index is 12.9. The maximum Gasteiger partial charge on any atom is 0.138 e. The number of carbonyl (C=O) groups excluding carboxylic acids is 1. The van der Waals surface area contributed by atoms with E-state index in [2.05, 4.69) is 55.0 Å². The number of fused-ring (bicyclic) bond motifs is 7. The molecule has 0 bridgehead atoms. The molecule has 0 aromatic rings. The molecule has 0 aromatic carbocycles. The third-order valence-electron chi connectivity index (χ3n) is 13.1. The molecule has 5 saturated carbocycles. The van der Waals surface area contributed by atoms with Crippen molar-refractivity contribution >= 4 is 5.78 Å². The fourth-order valence-electron chi connectivity index (χ4n) is 11.5. The molecule has 2 nitrogen and oxygen atoms in total. The SMILES string of the molecule is C=C(C)C1CCC2(C)CCC3(C)C(CCC4C5(C)CCC(=O)C(C)(C)C5C(O)CC43C)C12. The predicted octanol–water partition coefficient (Wildman–Crippen LogP) is 7.20. The molecule has 180 valence electrons. The molecule has 5 fully saturated rings. The number of aliphatic hydroxyl groups excluding tert-OH is 1. The highest BCUT2D eigenvalue weighted by Crippen LogP contribution is 2.77. The molecule has 5 rings (SSSR count). The molecule has 0 radical (unpaired) electrons. The molecule has 1 N–H and O–H groups in total. The van der Waals surface area contributed by atoms with E-state index < -0.39 is 5.41 Å². The van der Waals surface area contributed by atoms with E-state index in [9.17, 15) is 9.90 Å². The smallest absolute Gasteiger partial charge is 0.138 e. The molecule has 0 amide bonds. The van der Waals surface area contributed by atoms with Crippen molar-refractivity contribution in [1.29, 1.82) is 0 Å². The largest absolute Gasteiger partial charge is 0.393 e. The zero-order valence-corrected chi connectivity index (χ0v) is 21.9. The summed E-state index contributed by atoms with van der Waals surface area (Å²) < 4.78 is 0. The van der Waals surface area contributed by atoms with Crippen LogP contribution in [0.1, 0.15) is 106 Å². The van der Waals surface area contributed by atoms with Crippen molar-refractivity contribution in [1.82, 2.24) is 0 Å². The molecule has 0 aliphatic heterocycles. The zero-order chi connectivity index (χ0) is 23.5. The Morgan fingerprint density at radius 3 is 2.28 bits per heavy atom. The molecule has 0 saturated heterocycles. The third-order valence-corrected chi connectivity index (χ3v) is 13.1. The number of rotatable bonds is 1. The second kappa shape index (κ2) is 6.73. The van der Waals surface area contributed by atoms with Crippen LogP contribution in [0.3, 0.4) is 0 Å². The van der Waals surface area contributed by atoms with E-state index in [0.717, 1.165) is 24.7 Å². The third kappa shape index (κ3) is 2.60. The van der Waals surface area contributed by atoms with Crippen LogP contribution in [0.2, 0.25) is 0 Å². The van der Waals surface area contributed by atoms with Gasteiger partial charge in [0.25, 0.3) is 0 Å². The first-order valence-electron chi connectivity index (χ1n) is 13.6. The molecular formula is C30H48O2. The molecular weight excluding hydrogens is 392 g/mol. The van der Waals surface area contributed by atoms with E-state index in [0.29, 0.717) is 29.5 Å². The second-order valence-corrected chi connectivity index (χ2v) is 14.6. The van der Waals surface area contributed by atoms with Crippen LogP contribution in [0, 0.1) is 56.7 Å². The molecule has 0 aromatic heterocycles. The number of ketones is 1. The van der Waals surface area contributed by atoms with E-state index in [1.54, 1.807) is 0 Å². The van der Waals surface area contributed by atoms with Gasteiger partial charge in [-0.25, -0.2) is 0 Å². The van der Waals surface area contributed by atoms with Gasteiger partial charge < -0.3 is 5.11 Å². The lowest BCUT2D eigenvalue weighted by molar-refractivity contribution is -0.258. The highest BCUT2D eigenvalue weighted by Gasteiger charge is 2.71. The Kier molecular flexibility index (Phi) is 4.87. The summed E-state index contributed by atoms with van der Waals surface area (Å²) in [6.45, 7) is 21.2. The van der Waals surface area contributed by atoms with Crippen LogP contribution in [0.5, 0.6) is 0 Å². The Morgan fingerprint density at radius 2 is 1.62 bits per heavy atom. The lowest BCUT2D eigenvalue weighted by Crippen LogP contribution is -2.69. The lowest BCUT2D eigenvalue weighted by Gasteiger charge is -2.73. The average molecular weight is 441 g/mol. The van der Waals surface area contributed by atoms with E-state index in [-0.39, 0.29) is 28.3 Å². The van der Waals surface area contributed by atoms with Crippen LogP contribution in [0.4, 0.5) is 0 Å². The standard InChI is InChI=1S/C30H48O2/c1-18(2)19-11-13-27(5)15-16-29(7)20(24(19)27)9-10-22-28(6)14-12-23(32)26(3,4)25(28)21(31)17-30(22,29)8/h19-22,24-25,31H,1,9-17H2,2-8H3. The van der Waals surface area contributed by atoms with Gasteiger partial charge in [0.2, 0.25) is 0 Å². The first kappa shape index (κ1) is 23.1. The fraction of sp³-hybridized carbons (Fsp3) is 0.900. The van der Waals surface area contributed by atoms with Gasteiger partial charge >= 0.3 is 0 Å². The summed E-state index contributed by atoms with van der Waals surface area (Å²) in [7, 11) is 0. The first-order valence-corrected chi connectivity index (χ1v) is 13.6. The number of carbonyl (C=O) groups is 1. The van der Waals surface area contributed by atoms with Crippen LogP contribution in [-0.2, 0) is 4.79 Å². The number of hydrogen-bond acceptors (Lipinski definition) is 2. The van der Waals surface area contributed by atoms with Gasteiger partial charge in [0.05, 0.1) is 6.10 Å². The molecule has 0 spiro atoms. The van der Waals surface area contributed by atoms with Crippen molar-refractivity contribution in [2.45, 2.75) is 112 Å². The summed E-state index contributed by atoms with van der Waals surface area (Å²) in [6.07, 6.45) is 10.1. The second-order valence-electron chi connectivity index (χ2n) is 14.6. The van der Waals surface area contributed by atoms with Gasteiger partial charge in [-0.1, -0.05) is 53.7 Å². The molecule has 32 heavy (non-hydrogen) atoms. The summed E-state index contributed by atoms with van der Waals surface area (Å²) in [5.74, 6) is 3.23. The zero-order valence-electron chi connectivity index (χ0n) is 21.9. The molecule has 0 heterocycles. The van der Waals surface area contributed by atoms with Crippen molar-refractivity contribution in [2.75, 3.05) is 0 Å². The predicted molar refractivity (Wildman–Crippen MR) is 131 cm³/mol. The normalized spacial score (nSPS) is 56.6. The van der Waals surface area contributed by atoms with Crippen LogP contribution in [0.15, 0.2) is 12.2 Å². The summed E-state index contributed by atoms with van der Waals surface area (Å²) in [4.78, 5) is 12.9. The van der Waals surface area contributed by atoms with Crippen molar-refractivity contribution < 1.29 is 9.90 Å². The lowest BCUT2D eigenvalue weighted by atomic mass is 9.32. The highest BCUT2D eigenvalue weighted by atomic mass is 16.3. The topological polar surface area (TPSA) is 37.3 Å². The summed E-state index contributed by atoms with van der Waals surface area (Å²) in [5.41, 5.74) is 1.92. The molecule has 5 aliphatic carbocycles. The number of aliphatic hydroxyl groups is 1. The van der Waals surface area contributed by atoms with E-state index >= 15 is 0 Å². The Labute approximate surface area is 197 Å². The van der Waals surface area contributed by atoms with Gasteiger partial charge in [-0.2, -0.15) is 0 Å². The molecule has 10 atom stereocenters. The minimum absolute atomic E-state index is 0.0575. The Morgan fingerprint density at radius 1 is 0.938 bits per heavy atom. The highest BCUT2D eigenvalue weighted by molar-refractivity contribution is 5.85. The first-order chi connectivity index (χ1) is 14.7. The quantitative estimate of drug-likeness (QED) is 0.438. The van der Waals surface area contributed by atoms with Crippen LogP contribution < -0.4 is 0 Å². The van der Waals surface area contributed by atoms with Gasteiger partial charge in [0.1, 0.15) is 5.78 Å². The summed E-state index contributed by atoms with van der Waals surface area (Å²) >= 11 is 0. The number of Topliss-reactive ketones (excluding diaryl/α,β-unsaturated/α-hetero) is 1. The van der Waals surface area contributed by atoms with Crippen LogP contribution in [0.25, 0.3) is 0 Å². The van der Waals surface area contributed by atoms with Crippen molar-refractivity contribution in [3.8, 4) is 0 Å². The number of hydrogen-bond donors (Lipinski definition) is 1. The maximum atomic E-state index is 12.9. The van der Waals surface area contributed by atoms with Crippen molar-refractivity contribution in [3.63, 3.8) is 0 Å². The molecule has 2 heteroatoms. The van der Waals surface area contributed by atoms with Crippen LogP contribution >= 0.6 is 0 Å². The van der Waals surface area contributed by atoms with Crippen molar-refractivity contribution in [2.24, 2.45) is 56.7 Å².